The van der Waals surface area contributed by atoms with Gasteiger partial charge in [0.1, 0.15) is 12.7 Å². The second kappa shape index (κ2) is 8.33. The Kier molecular flexibility index (Phi) is 6.17. The van der Waals surface area contributed by atoms with Gasteiger partial charge < -0.3 is 24.4 Å². The molecule has 6 nitrogen and oxygen atoms in total. The molecule has 2 aromatic carbocycles. The number of hydrogen-bond acceptors (Lipinski definition) is 6. The Hall–Kier alpha value is -2.57. The molecule has 0 aliphatic heterocycles. The van der Waals surface area contributed by atoms with Crippen molar-refractivity contribution in [3.63, 3.8) is 0 Å². The van der Waals surface area contributed by atoms with Crippen molar-refractivity contribution in [1.82, 2.24) is 0 Å². The first-order valence-electron chi connectivity index (χ1n) is 7.35. The highest BCUT2D eigenvalue weighted by Crippen LogP contribution is 2.32. The molecule has 0 heterocycles. The van der Waals surface area contributed by atoms with Gasteiger partial charge in [0, 0.05) is 0 Å². The molecule has 0 bridgehead atoms. The quantitative estimate of drug-likeness (QED) is 0.753. The van der Waals surface area contributed by atoms with Crippen molar-refractivity contribution in [1.29, 1.82) is 0 Å². The maximum atomic E-state index is 11.4. The molecule has 2 unspecified atom stereocenters. The summed E-state index contributed by atoms with van der Waals surface area (Å²) in [5, 5.41) is 19.9. The third kappa shape index (κ3) is 4.24. The van der Waals surface area contributed by atoms with E-state index in [1.165, 1.54) is 13.2 Å². The number of hydrogen-bond donors (Lipinski definition) is 2. The molecule has 0 aliphatic rings. The van der Waals surface area contributed by atoms with Crippen molar-refractivity contribution < 1.29 is 29.2 Å². The minimum atomic E-state index is -1.68. The van der Waals surface area contributed by atoms with Gasteiger partial charge in [-0.2, -0.15) is 0 Å². The Labute approximate surface area is 140 Å². The summed E-state index contributed by atoms with van der Waals surface area (Å²) in [5.74, 6) is -0.0329. The summed E-state index contributed by atoms with van der Waals surface area (Å²) in [4.78, 5) is 11.4. The van der Waals surface area contributed by atoms with Crippen molar-refractivity contribution in [2.75, 3.05) is 14.2 Å². The molecule has 128 valence electrons. The molecule has 0 saturated heterocycles. The summed E-state index contributed by atoms with van der Waals surface area (Å²) in [5.41, 5.74) is 1.29. The molecule has 0 spiro atoms. The van der Waals surface area contributed by atoms with Gasteiger partial charge in [-0.25, -0.2) is 4.79 Å². The fourth-order valence-electron chi connectivity index (χ4n) is 2.16. The first-order valence-corrected chi connectivity index (χ1v) is 7.35. The van der Waals surface area contributed by atoms with Crippen LogP contribution in [0.1, 0.15) is 17.2 Å². The van der Waals surface area contributed by atoms with Crippen molar-refractivity contribution in [2.45, 2.75) is 18.8 Å². The van der Waals surface area contributed by atoms with E-state index in [-0.39, 0.29) is 0 Å². The molecule has 6 heteroatoms. The molecule has 24 heavy (non-hydrogen) atoms. The summed E-state index contributed by atoms with van der Waals surface area (Å²) in [6.07, 6.45) is -3.10. The number of benzene rings is 2. The van der Waals surface area contributed by atoms with Crippen LogP contribution < -0.4 is 9.47 Å². The van der Waals surface area contributed by atoms with E-state index in [1.54, 1.807) is 12.1 Å². The van der Waals surface area contributed by atoms with Crippen LogP contribution in [0, 0.1) is 0 Å². The third-order valence-corrected chi connectivity index (χ3v) is 3.51. The number of esters is 1. The summed E-state index contributed by atoms with van der Waals surface area (Å²) in [6.45, 7) is 0.316. The molecule has 0 fully saturated rings. The first-order chi connectivity index (χ1) is 11.6. The predicted molar refractivity (Wildman–Crippen MR) is 86.8 cm³/mol. The topological polar surface area (TPSA) is 85.2 Å². The van der Waals surface area contributed by atoms with Crippen molar-refractivity contribution in [2.24, 2.45) is 0 Å². The Morgan fingerprint density at radius 3 is 2.38 bits per heavy atom. The largest absolute Gasteiger partial charge is 0.493 e. The molecular weight excluding hydrogens is 312 g/mol. The lowest BCUT2D eigenvalue weighted by Gasteiger charge is -2.18. The van der Waals surface area contributed by atoms with Gasteiger partial charge in [-0.1, -0.05) is 36.4 Å². The zero-order chi connectivity index (χ0) is 17.5. The number of aliphatic hydroxyl groups excluding tert-OH is 2. The lowest BCUT2D eigenvalue weighted by atomic mass is 10.0. The number of carbonyl (C=O) groups excluding carboxylic acids is 1. The van der Waals surface area contributed by atoms with E-state index in [0.29, 0.717) is 23.7 Å². The van der Waals surface area contributed by atoms with Crippen LogP contribution in [0.15, 0.2) is 48.5 Å². The Morgan fingerprint density at radius 1 is 1.04 bits per heavy atom. The van der Waals surface area contributed by atoms with Crippen LogP contribution in [-0.4, -0.2) is 36.5 Å². The predicted octanol–water partition coefficient (Wildman–Crippen LogP) is 1.84. The van der Waals surface area contributed by atoms with Gasteiger partial charge in [0.05, 0.1) is 14.2 Å². The van der Waals surface area contributed by atoms with Gasteiger partial charge in [0.25, 0.3) is 0 Å². The van der Waals surface area contributed by atoms with E-state index < -0.39 is 18.2 Å². The third-order valence-electron chi connectivity index (χ3n) is 3.51. The zero-order valence-corrected chi connectivity index (χ0v) is 13.5. The molecule has 2 aromatic rings. The van der Waals surface area contributed by atoms with E-state index in [1.807, 2.05) is 30.3 Å². The average Bonchev–Trinajstić information content (AvgIpc) is 2.65. The van der Waals surface area contributed by atoms with Crippen LogP contribution in [0.25, 0.3) is 0 Å². The molecule has 0 amide bonds. The summed E-state index contributed by atoms with van der Waals surface area (Å²) >= 11 is 0. The number of ether oxygens (including phenoxy) is 3. The van der Waals surface area contributed by atoms with Gasteiger partial charge in [-0.15, -0.1) is 0 Å². The van der Waals surface area contributed by atoms with Crippen LogP contribution in [0.5, 0.6) is 11.5 Å². The molecular formula is C18H20O6. The summed E-state index contributed by atoms with van der Waals surface area (Å²) in [6, 6.07) is 14.2. The lowest BCUT2D eigenvalue weighted by Crippen LogP contribution is -2.29. The first kappa shape index (κ1) is 17.8. The summed E-state index contributed by atoms with van der Waals surface area (Å²) < 4.78 is 15.4. The van der Waals surface area contributed by atoms with E-state index in [0.717, 1.165) is 12.7 Å². The second-order valence-electron chi connectivity index (χ2n) is 5.10. The summed E-state index contributed by atoms with van der Waals surface area (Å²) in [7, 11) is 2.64. The normalized spacial score (nSPS) is 13.0. The van der Waals surface area contributed by atoms with Crippen LogP contribution in [0.3, 0.4) is 0 Å². The lowest BCUT2D eigenvalue weighted by molar-refractivity contribution is -0.156. The number of carbonyl (C=O) groups is 1. The Balaban J connectivity index is 2.19. The van der Waals surface area contributed by atoms with Crippen LogP contribution >= 0.6 is 0 Å². The Morgan fingerprint density at radius 2 is 1.75 bits per heavy atom. The van der Waals surface area contributed by atoms with Gasteiger partial charge in [-0.3, -0.25) is 0 Å². The van der Waals surface area contributed by atoms with E-state index >= 15 is 0 Å². The van der Waals surface area contributed by atoms with Crippen molar-refractivity contribution in [3.05, 3.63) is 59.7 Å². The monoisotopic (exact) mass is 332 g/mol. The minimum absolute atomic E-state index is 0.316. The van der Waals surface area contributed by atoms with E-state index in [2.05, 4.69) is 4.74 Å². The molecule has 2 rings (SSSR count). The number of methoxy groups -OCH3 is 2. The standard InChI is InChI=1S/C18H20O6/c1-22-14-9-8-13(16(19)17(20)18(21)23-2)10-15(14)24-11-12-6-4-3-5-7-12/h3-10,16-17,19-20H,11H2,1-2H3. The molecule has 0 radical (unpaired) electrons. The molecule has 0 saturated carbocycles. The minimum Gasteiger partial charge on any atom is -0.493 e. The van der Waals surface area contributed by atoms with E-state index in [9.17, 15) is 15.0 Å². The zero-order valence-electron chi connectivity index (χ0n) is 13.5. The molecule has 2 atom stereocenters. The molecule has 2 N–H and O–H groups in total. The number of aliphatic hydroxyl groups is 2. The highest BCUT2D eigenvalue weighted by molar-refractivity contribution is 5.75. The average molecular weight is 332 g/mol. The fraction of sp³-hybridized carbons (Fsp3) is 0.278. The maximum absolute atomic E-state index is 11.4. The highest BCUT2D eigenvalue weighted by Gasteiger charge is 2.27. The Bertz CT molecular complexity index is 670. The van der Waals surface area contributed by atoms with Gasteiger partial charge in [0.2, 0.25) is 0 Å². The van der Waals surface area contributed by atoms with Crippen LogP contribution in [0.4, 0.5) is 0 Å². The van der Waals surface area contributed by atoms with E-state index in [4.69, 9.17) is 9.47 Å². The molecule has 0 aromatic heterocycles. The van der Waals surface area contributed by atoms with Gasteiger partial charge >= 0.3 is 5.97 Å². The molecule has 0 aliphatic carbocycles. The highest BCUT2D eigenvalue weighted by atomic mass is 16.5. The second-order valence-corrected chi connectivity index (χ2v) is 5.10. The van der Waals surface area contributed by atoms with Crippen LogP contribution in [0.2, 0.25) is 0 Å². The fourth-order valence-corrected chi connectivity index (χ4v) is 2.16. The maximum Gasteiger partial charge on any atom is 0.337 e. The van der Waals surface area contributed by atoms with Gasteiger partial charge in [0.15, 0.2) is 17.6 Å². The van der Waals surface area contributed by atoms with Crippen molar-refractivity contribution in [3.8, 4) is 11.5 Å². The van der Waals surface area contributed by atoms with Crippen molar-refractivity contribution >= 4 is 5.97 Å². The smallest absolute Gasteiger partial charge is 0.337 e. The number of rotatable bonds is 7. The van der Waals surface area contributed by atoms with Gasteiger partial charge in [-0.05, 0) is 23.3 Å². The SMILES string of the molecule is COC(=O)C(O)C(O)c1ccc(OC)c(OCc2ccccc2)c1. The van der Waals surface area contributed by atoms with Crippen LogP contribution in [-0.2, 0) is 16.1 Å².